The first-order valence-electron chi connectivity index (χ1n) is 12.9. The van der Waals surface area contributed by atoms with Gasteiger partial charge >= 0.3 is 0 Å². The van der Waals surface area contributed by atoms with E-state index in [0.29, 0.717) is 24.7 Å². The van der Waals surface area contributed by atoms with E-state index in [-0.39, 0.29) is 11.6 Å². The Morgan fingerprint density at radius 3 is 2.59 bits per heavy atom. The zero-order valence-electron chi connectivity index (χ0n) is 21.7. The predicted octanol–water partition coefficient (Wildman–Crippen LogP) is 4.80. The van der Waals surface area contributed by atoms with E-state index in [1.54, 1.807) is 14.2 Å². The van der Waals surface area contributed by atoms with Crippen molar-refractivity contribution in [2.75, 3.05) is 14.2 Å². The number of H-pyrrole nitrogens is 1. The Bertz CT molecular complexity index is 1410. The monoisotopic (exact) mass is 502 g/mol. The first-order valence-corrected chi connectivity index (χ1v) is 12.9. The summed E-state index contributed by atoms with van der Waals surface area (Å²) in [6.07, 6.45) is 5.37. The zero-order chi connectivity index (χ0) is 25.8. The lowest BCUT2D eigenvalue weighted by Gasteiger charge is -2.31. The van der Waals surface area contributed by atoms with Crippen molar-refractivity contribution in [1.82, 2.24) is 30.1 Å². The molecule has 1 aliphatic rings. The van der Waals surface area contributed by atoms with Crippen LogP contribution in [0.3, 0.4) is 0 Å². The maximum Gasteiger partial charge on any atom is 0.252 e. The average Bonchev–Trinajstić information content (AvgIpc) is 3.62. The van der Waals surface area contributed by atoms with E-state index in [0.717, 1.165) is 53.1 Å². The van der Waals surface area contributed by atoms with E-state index in [4.69, 9.17) is 9.47 Å². The highest BCUT2D eigenvalue weighted by Gasteiger charge is 2.30. The zero-order valence-corrected chi connectivity index (χ0v) is 21.7. The number of fused-ring (bicyclic) bond motifs is 1. The number of aromatic amines is 1. The van der Waals surface area contributed by atoms with Crippen molar-refractivity contribution in [3.8, 4) is 11.5 Å². The second-order valence-electron chi connectivity index (χ2n) is 9.64. The standard InChI is InChI=1S/C28H34N6O3/c1-4-25(27-30-31-32-34(27)22-10-6-7-11-22)33(17-19-9-5-8-12-26(19)37-3)18-21-15-20-16-23(36-2)13-14-24(20)29-28(21)35/h5,8-9,12-16,22,25H,4,6-7,10-11,17-18H2,1-3H3,(H,29,35)/t25-/m0/s1. The first kappa shape index (κ1) is 25.0. The minimum absolute atomic E-state index is 0.0825. The summed E-state index contributed by atoms with van der Waals surface area (Å²) in [5, 5.41) is 13.9. The Balaban J connectivity index is 1.56. The molecule has 5 rings (SSSR count). The molecule has 0 aliphatic heterocycles. The molecule has 37 heavy (non-hydrogen) atoms. The number of aromatic nitrogens is 5. The van der Waals surface area contributed by atoms with Crippen LogP contribution in [0.1, 0.15) is 68.1 Å². The van der Waals surface area contributed by atoms with Crippen LogP contribution in [-0.4, -0.2) is 44.3 Å². The Hall–Kier alpha value is -3.72. The minimum Gasteiger partial charge on any atom is -0.497 e. The van der Waals surface area contributed by atoms with Crippen LogP contribution in [0.2, 0.25) is 0 Å². The third kappa shape index (κ3) is 5.22. The van der Waals surface area contributed by atoms with E-state index < -0.39 is 0 Å². The molecule has 2 aromatic heterocycles. The Labute approximate surface area is 216 Å². The summed E-state index contributed by atoms with van der Waals surface area (Å²) in [5.74, 6) is 2.41. The Kier molecular flexibility index (Phi) is 7.50. The molecule has 1 saturated carbocycles. The number of methoxy groups -OCH3 is 2. The smallest absolute Gasteiger partial charge is 0.252 e. The Morgan fingerprint density at radius 1 is 1.05 bits per heavy atom. The molecule has 0 saturated heterocycles. The van der Waals surface area contributed by atoms with Crippen LogP contribution in [0.25, 0.3) is 10.9 Å². The highest BCUT2D eigenvalue weighted by Crippen LogP contribution is 2.34. The van der Waals surface area contributed by atoms with Crippen LogP contribution in [-0.2, 0) is 13.1 Å². The number of tetrazole rings is 1. The molecule has 0 unspecified atom stereocenters. The third-order valence-corrected chi connectivity index (χ3v) is 7.38. The normalized spacial score (nSPS) is 14.9. The summed E-state index contributed by atoms with van der Waals surface area (Å²) < 4.78 is 13.1. The molecule has 9 heteroatoms. The molecule has 0 spiro atoms. The van der Waals surface area contributed by atoms with Gasteiger partial charge in [0.1, 0.15) is 11.5 Å². The summed E-state index contributed by atoms with van der Waals surface area (Å²) in [6.45, 7) is 3.15. The van der Waals surface area contributed by atoms with Crippen molar-refractivity contribution < 1.29 is 9.47 Å². The topological polar surface area (TPSA) is 98.2 Å². The fourth-order valence-corrected chi connectivity index (χ4v) is 5.45. The van der Waals surface area contributed by atoms with Crippen molar-refractivity contribution in [1.29, 1.82) is 0 Å². The van der Waals surface area contributed by atoms with Gasteiger partial charge in [0.25, 0.3) is 5.56 Å². The second kappa shape index (κ2) is 11.1. The van der Waals surface area contributed by atoms with Crippen LogP contribution >= 0.6 is 0 Å². The number of nitrogens with zero attached hydrogens (tertiary/aromatic N) is 5. The van der Waals surface area contributed by atoms with Crippen molar-refractivity contribution >= 4 is 10.9 Å². The highest BCUT2D eigenvalue weighted by atomic mass is 16.5. The molecule has 1 atom stereocenters. The van der Waals surface area contributed by atoms with E-state index in [2.05, 4.69) is 38.4 Å². The summed E-state index contributed by atoms with van der Waals surface area (Å²) in [5.41, 5.74) is 2.40. The van der Waals surface area contributed by atoms with E-state index in [1.165, 1.54) is 12.8 Å². The first-order chi connectivity index (χ1) is 18.1. The van der Waals surface area contributed by atoms with Gasteiger partial charge < -0.3 is 14.5 Å². The fourth-order valence-electron chi connectivity index (χ4n) is 5.45. The number of pyridine rings is 1. The largest absolute Gasteiger partial charge is 0.497 e. The lowest BCUT2D eigenvalue weighted by molar-refractivity contribution is 0.156. The van der Waals surface area contributed by atoms with Crippen molar-refractivity contribution in [3.05, 3.63) is 75.8 Å². The third-order valence-electron chi connectivity index (χ3n) is 7.38. The second-order valence-corrected chi connectivity index (χ2v) is 9.64. The van der Waals surface area contributed by atoms with Crippen LogP contribution in [0, 0.1) is 0 Å². The summed E-state index contributed by atoms with van der Waals surface area (Å²) >= 11 is 0. The van der Waals surface area contributed by atoms with Gasteiger partial charge in [0.15, 0.2) is 5.82 Å². The fraction of sp³-hybridized carbons (Fsp3) is 0.429. The molecule has 9 nitrogen and oxygen atoms in total. The molecule has 1 fully saturated rings. The molecular weight excluding hydrogens is 468 g/mol. The van der Waals surface area contributed by atoms with Gasteiger partial charge in [0.05, 0.1) is 26.3 Å². The van der Waals surface area contributed by atoms with Gasteiger partial charge in [-0.3, -0.25) is 9.69 Å². The summed E-state index contributed by atoms with van der Waals surface area (Å²) in [7, 11) is 3.33. The maximum absolute atomic E-state index is 13.2. The van der Waals surface area contributed by atoms with E-state index in [1.807, 2.05) is 47.1 Å². The van der Waals surface area contributed by atoms with Gasteiger partial charge in [0.2, 0.25) is 0 Å². The van der Waals surface area contributed by atoms with E-state index >= 15 is 0 Å². The highest BCUT2D eigenvalue weighted by molar-refractivity contribution is 5.80. The number of nitrogens with one attached hydrogen (secondary N) is 1. The van der Waals surface area contributed by atoms with Crippen molar-refractivity contribution in [3.63, 3.8) is 0 Å². The van der Waals surface area contributed by atoms with Gasteiger partial charge in [0, 0.05) is 35.1 Å². The van der Waals surface area contributed by atoms with Crippen LogP contribution in [0.15, 0.2) is 53.3 Å². The number of ether oxygens (including phenoxy) is 2. The number of rotatable bonds is 10. The number of para-hydroxylation sites is 1. The number of hydrogen-bond donors (Lipinski definition) is 1. The van der Waals surface area contributed by atoms with Crippen LogP contribution < -0.4 is 15.0 Å². The lowest BCUT2D eigenvalue weighted by atomic mass is 10.1. The Morgan fingerprint density at radius 2 is 1.84 bits per heavy atom. The van der Waals surface area contributed by atoms with Gasteiger partial charge in [-0.15, -0.1) is 5.10 Å². The molecular formula is C28H34N6O3. The predicted molar refractivity (Wildman–Crippen MR) is 142 cm³/mol. The van der Waals surface area contributed by atoms with Gasteiger partial charge in [-0.25, -0.2) is 4.68 Å². The average molecular weight is 503 g/mol. The molecule has 0 amide bonds. The lowest BCUT2D eigenvalue weighted by Crippen LogP contribution is -2.33. The van der Waals surface area contributed by atoms with Gasteiger partial charge in [-0.1, -0.05) is 38.0 Å². The number of hydrogen-bond acceptors (Lipinski definition) is 7. The molecule has 0 bridgehead atoms. The van der Waals surface area contributed by atoms with Gasteiger partial charge in [-0.05, 0) is 60.0 Å². The van der Waals surface area contributed by atoms with Crippen LogP contribution in [0.4, 0.5) is 0 Å². The molecule has 194 valence electrons. The maximum atomic E-state index is 13.2. The molecule has 4 aromatic rings. The van der Waals surface area contributed by atoms with Crippen molar-refractivity contribution in [2.45, 2.75) is 64.2 Å². The summed E-state index contributed by atoms with van der Waals surface area (Å²) in [4.78, 5) is 18.5. The molecule has 1 N–H and O–H groups in total. The summed E-state index contributed by atoms with van der Waals surface area (Å²) in [6, 6.07) is 15.9. The van der Waals surface area contributed by atoms with E-state index in [9.17, 15) is 4.79 Å². The van der Waals surface area contributed by atoms with Gasteiger partial charge in [-0.2, -0.15) is 0 Å². The van der Waals surface area contributed by atoms with Crippen LogP contribution in [0.5, 0.6) is 11.5 Å². The molecule has 2 heterocycles. The SMILES string of the molecule is CC[C@@H](c1nnnn1C1CCCC1)N(Cc1ccccc1OC)Cc1cc2cc(OC)ccc2[nH]c1=O. The minimum atomic E-state index is -0.104. The number of benzene rings is 2. The molecule has 1 aliphatic carbocycles. The molecule has 2 aromatic carbocycles. The van der Waals surface area contributed by atoms with Crippen molar-refractivity contribution in [2.24, 2.45) is 0 Å². The molecule has 0 radical (unpaired) electrons. The quantitative estimate of drug-likeness (QED) is 0.333.